The lowest BCUT2D eigenvalue weighted by Gasteiger charge is -2.18. The van der Waals surface area contributed by atoms with E-state index >= 15 is 0 Å². The quantitative estimate of drug-likeness (QED) is 0.920. The van der Waals surface area contributed by atoms with E-state index in [1.165, 1.54) is 17.4 Å². The maximum atomic E-state index is 12.6. The standard InChI is InChI=1S/C15H20N2O3S/c1-4-17-10-15(9-14(17)11-18)21(19,20)16(3)13-7-5-12(2)6-8-13/h5-10,18H,4,11H2,1-3H3. The van der Waals surface area contributed by atoms with Crippen molar-refractivity contribution in [3.63, 3.8) is 0 Å². The number of aliphatic hydroxyl groups is 1. The molecule has 0 fully saturated rings. The number of benzene rings is 1. The topological polar surface area (TPSA) is 62.5 Å². The number of hydrogen-bond acceptors (Lipinski definition) is 3. The fourth-order valence-corrected chi connectivity index (χ4v) is 3.41. The zero-order valence-corrected chi connectivity index (χ0v) is 13.3. The molecule has 1 heterocycles. The van der Waals surface area contributed by atoms with Crippen LogP contribution in [0.25, 0.3) is 0 Å². The Balaban J connectivity index is 2.41. The molecule has 1 aromatic carbocycles. The van der Waals surface area contributed by atoms with Crippen molar-refractivity contribution >= 4 is 15.7 Å². The first-order chi connectivity index (χ1) is 9.90. The van der Waals surface area contributed by atoms with E-state index in [9.17, 15) is 13.5 Å². The van der Waals surface area contributed by atoms with Crippen LogP contribution in [0.5, 0.6) is 0 Å². The highest BCUT2D eigenvalue weighted by atomic mass is 32.2. The van der Waals surface area contributed by atoms with Crippen molar-refractivity contribution in [2.24, 2.45) is 0 Å². The van der Waals surface area contributed by atoms with Gasteiger partial charge in [0, 0.05) is 25.5 Å². The fraction of sp³-hybridized carbons (Fsp3) is 0.333. The van der Waals surface area contributed by atoms with Crippen LogP contribution in [-0.4, -0.2) is 25.1 Å². The molecule has 2 rings (SSSR count). The van der Waals surface area contributed by atoms with Crippen molar-refractivity contribution in [1.29, 1.82) is 0 Å². The Morgan fingerprint density at radius 2 is 1.86 bits per heavy atom. The number of hydrogen-bond donors (Lipinski definition) is 1. The van der Waals surface area contributed by atoms with Crippen LogP contribution in [0.15, 0.2) is 41.4 Å². The van der Waals surface area contributed by atoms with Crippen LogP contribution in [0.3, 0.4) is 0 Å². The third-order valence-corrected chi connectivity index (χ3v) is 5.27. The molecule has 0 radical (unpaired) electrons. The molecule has 0 aliphatic rings. The Kier molecular flexibility index (Phi) is 4.39. The third-order valence-electron chi connectivity index (χ3n) is 3.52. The van der Waals surface area contributed by atoms with Crippen LogP contribution in [0, 0.1) is 6.92 Å². The summed E-state index contributed by atoms with van der Waals surface area (Å²) in [6, 6.07) is 8.81. The second-order valence-corrected chi connectivity index (χ2v) is 6.89. The van der Waals surface area contributed by atoms with Crippen molar-refractivity contribution in [3.8, 4) is 0 Å². The predicted molar refractivity (Wildman–Crippen MR) is 82.8 cm³/mol. The highest BCUT2D eigenvalue weighted by Crippen LogP contribution is 2.24. The van der Waals surface area contributed by atoms with Gasteiger partial charge in [-0.15, -0.1) is 0 Å². The Morgan fingerprint density at radius 3 is 2.33 bits per heavy atom. The Morgan fingerprint density at radius 1 is 1.24 bits per heavy atom. The SMILES string of the molecule is CCn1cc(S(=O)(=O)N(C)c2ccc(C)cc2)cc1CO. The van der Waals surface area contributed by atoms with Crippen LogP contribution in [-0.2, 0) is 23.2 Å². The second-order valence-electron chi connectivity index (χ2n) is 4.92. The first-order valence-electron chi connectivity index (χ1n) is 6.75. The Hall–Kier alpha value is -1.79. The molecule has 5 nitrogen and oxygen atoms in total. The summed E-state index contributed by atoms with van der Waals surface area (Å²) >= 11 is 0. The van der Waals surface area contributed by atoms with Gasteiger partial charge in [0.2, 0.25) is 0 Å². The Labute approximate surface area is 125 Å². The van der Waals surface area contributed by atoms with Gasteiger partial charge in [0.25, 0.3) is 10.0 Å². The van der Waals surface area contributed by atoms with Gasteiger partial charge in [-0.25, -0.2) is 8.42 Å². The summed E-state index contributed by atoms with van der Waals surface area (Å²) in [5.41, 5.74) is 2.27. The molecule has 0 amide bonds. The molecule has 21 heavy (non-hydrogen) atoms. The number of anilines is 1. The van der Waals surface area contributed by atoms with Gasteiger partial charge in [-0.3, -0.25) is 4.31 Å². The summed E-state index contributed by atoms with van der Waals surface area (Å²) in [6.07, 6.45) is 1.56. The molecule has 0 aliphatic carbocycles. The largest absolute Gasteiger partial charge is 0.390 e. The summed E-state index contributed by atoms with van der Waals surface area (Å²) in [6.45, 7) is 4.28. The van der Waals surface area contributed by atoms with E-state index in [4.69, 9.17) is 0 Å². The summed E-state index contributed by atoms with van der Waals surface area (Å²) < 4.78 is 28.3. The van der Waals surface area contributed by atoms with Crippen LogP contribution in [0.1, 0.15) is 18.2 Å². The van der Waals surface area contributed by atoms with Gasteiger partial charge >= 0.3 is 0 Å². The van der Waals surface area contributed by atoms with E-state index in [1.807, 2.05) is 26.0 Å². The maximum absolute atomic E-state index is 12.6. The maximum Gasteiger partial charge on any atom is 0.265 e. The lowest BCUT2D eigenvalue weighted by atomic mass is 10.2. The first-order valence-corrected chi connectivity index (χ1v) is 8.19. The highest BCUT2D eigenvalue weighted by molar-refractivity contribution is 7.92. The van der Waals surface area contributed by atoms with Gasteiger partial charge in [0.05, 0.1) is 12.3 Å². The molecule has 0 unspecified atom stereocenters. The molecule has 1 N–H and O–H groups in total. The normalized spacial score (nSPS) is 11.6. The van der Waals surface area contributed by atoms with Crippen molar-refractivity contribution < 1.29 is 13.5 Å². The van der Waals surface area contributed by atoms with E-state index in [0.717, 1.165) is 5.56 Å². The van der Waals surface area contributed by atoms with Gasteiger partial charge in [-0.2, -0.15) is 0 Å². The molecule has 1 aromatic heterocycles. The first kappa shape index (κ1) is 15.6. The van der Waals surface area contributed by atoms with Gasteiger partial charge in [0.15, 0.2) is 0 Å². The molecular formula is C15H20N2O3S. The molecule has 0 bridgehead atoms. The second kappa shape index (κ2) is 5.91. The summed E-state index contributed by atoms with van der Waals surface area (Å²) in [5.74, 6) is 0. The van der Waals surface area contributed by atoms with Gasteiger partial charge in [-0.1, -0.05) is 17.7 Å². The van der Waals surface area contributed by atoms with Crippen molar-refractivity contribution in [1.82, 2.24) is 4.57 Å². The number of aliphatic hydroxyl groups excluding tert-OH is 1. The number of sulfonamides is 1. The number of nitrogens with zero attached hydrogens (tertiary/aromatic N) is 2. The zero-order valence-electron chi connectivity index (χ0n) is 12.4. The van der Waals surface area contributed by atoms with E-state index in [1.54, 1.807) is 22.9 Å². The van der Waals surface area contributed by atoms with Crippen molar-refractivity contribution in [2.75, 3.05) is 11.4 Å². The summed E-state index contributed by atoms with van der Waals surface area (Å²) in [7, 11) is -2.10. The van der Waals surface area contributed by atoms with Crippen molar-refractivity contribution in [2.45, 2.75) is 31.9 Å². The molecule has 0 spiro atoms. The van der Waals surface area contributed by atoms with E-state index in [0.29, 0.717) is 17.9 Å². The minimum Gasteiger partial charge on any atom is -0.390 e. The molecule has 0 saturated heterocycles. The average Bonchev–Trinajstić information content (AvgIpc) is 2.91. The number of aryl methyl sites for hydroxylation is 2. The molecule has 0 atom stereocenters. The van der Waals surface area contributed by atoms with Crippen LogP contribution in [0.4, 0.5) is 5.69 Å². The smallest absolute Gasteiger partial charge is 0.265 e. The summed E-state index contributed by atoms with van der Waals surface area (Å²) in [5, 5.41) is 9.29. The predicted octanol–water partition coefficient (Wildman–Crippen LogP) is 2.13. The monoisotopic (exact) mass is 308 g/mol. The highest BCUT2D eigenvalue weighted by Gasteiger charge is 2.23. The van der Waals surface area contributed by atoms with Gasteiger partial charge in [0.1, 0.15) is 4.90 Å². The molecule has 0 saturated carbocycles. The van der Waals surface area contributed by atoms with E-state index in [2.05, 4.69) is 0 Å². The fourth-order valence-electron chi connectivity index (χ4n) is 2.14. The molecule has 6 heteroatoms. The average molecular weight is 308 g/mol. The number of rotatable bonds is 5. The Bertz CT molecular complexity index is 696. The van der Waals surface area contributed by atoms with Gasteiger partial charge < -0.3 is 9.67 Å². The van der Waals surface area contributed by atoms with E-state index < -0.39 is 10.0 Å². The van der Waals surface area contributed by atoms with E-state index in [-0.39, 0.29) is 11.5 Å². The molecular weight excluding hydrogens is 288 g/mol. The minimum atomic E-state index is -3.63. The third kappa shape index (κ3) is 2.96. The number of aromatic nitrogens is 1. The van der Waals surface area contributed by atoms with Crippen LogP contribution in [0.2, 0.25) is 0 Å². The zero-order chi connectivity index (χ0) is 15.6. The molecule has 0 aliphatic heterocycles. The van der Waals surface area contributed by atoms with Crippen LogP contribution < -0.4 is 4.31 Å². The summed E-state index contributed by atoms with van der Waals surface area (Å²) in [4.78, 5) is 0.191. The van der Waals surface area contributed by atoms with Crippen molar-refractivity contribution in [3.05, 3.63) is 47.8 Å². The lowest BCUT2D eigenvalue weighted by Crippen LogP contribution is -2.26. The van der Waals surface area contributed by atoms with Crippen LogP contribution >= 0.6 is 0 Å². The molecule has 2 aromatic rings. The minimum absolute atomic E-state index is 0.183. The lowest BCUT2D eigenvalue weighted by molar-refractivity contribution is 0.271. The van der Waals surface area contributed by atoms with Gasteiger partial charge in [-0.05, 0) is 32.0 Å². The molecule has 114 valence electrons.